The number of likely N-dealkylation sites (tertiary alicyclic amines) is 1. The minimum absolute atomic E-state index is 0.560. The lowest BCUT2D eigenvalue weighted by atomic mass is 10.3. The van der Waals surface area contributed by atoms with Crippen LogP contribution in [0.15, 0.2) is 4.52 Å². The van der Waals surface area contributed by atoms with Crippen LogP contribution in [0.4, 0.5) is 0 Å². The zero-order valence-corrected chi connectivity index (χ0v) is 9.65. The average molecular weight is 222 g/mol. The molecule has 0 amide bonds. The number of nitrogens with zero attached hydrogens (tertiary/aromatic N) is 3. The van der Waals surface area contributed by atoms with Crippen LogP contribution in [0, 0.1) is 0 Å². The van der Waals surface area contributed by atoms with Gasteiger partial charge in [0.05, 0.1) is 6.54 Å². The lowest BCUT2D eigenvalue weighted by molar-refractivity contribution is 0.303. The number of aromatic nitrogens is 2. The molecule has 0 aromatic carbocycles. The van der Waals surface area contributed by atoms with Gasteiger partial charge in [-0.1, -0.05) is 5.16 Å². The second-order valence-electron chi connectivity index (χ2n) is 4.83. The average Bonchev–Trinajstić information content (AvgIpc) is 2.88. The molecule has 1 unspecified atom stereocenters. The topological polar surface area (TPSA) is 54.2 Å². The number of rotatable bonds is 4. The summed E-state index contributed by atoms with van der Waals surface area (Å²) in [7, 11) is 2.02. The van der Waals surface area contributed by atoms with Crippen LogP contribution in [0.25, 0.3) is 0 Å². The third kappa shape index (κ3) is 2.10. The van der Waals surface area contributed by atoms with Crippen molar-refractivity contribution in [2.45, 2.75) is 37.8 Å². The first-order valence-corrected chi connectivity index (χ1v) is 6.07. The fraction of sp³-hybridized carbons (Fsp3) is 0.818. The van der Waals surface area contributed by atoms with E-state index in [0.29, 0.717) is 12.0 Å². The molecule has 0 spiro atoms. The summed E-state index contributed by atoms with van der Waals surface area (Å²) in [6, 6.07) is 0.620. The van der Waals surface area contributed by atoms with Gasteiger partial charge in [0, 0.05) is 25.0 Å². The van der Waals surface area contributed by atoms with Gasteiger partial charge in [-0.2, -0.15) is 4.98 Å². The number of nitrogens with one attached hydrogen (secondary N) is 1. The van der Waals surface area contributed by atoms with Crippen LogP contribution in [0.1, 0.15) is 36.9 Å². The highest BCUT2D eigenvalue weighted by atomic mass is 16.5. The molecule has 1 aromatic heterocycles. The van der Waals surface area contributed by atoms with Crippen LogP contribution in [0.3, 0.4) is 0 Å². The zero-order valence-electron chi connectivity index (χ0n) is 9.65. The maximum atomic E-state index is 5.25. The Morgan fingerprint density at radius 3 is 3.00 bits per heavy atom. The minimum atomic E-state index is 0.560. The van der Waals surface area contributed by atoms with E-state index in [1.165, 1.54) is 19.3 Å². The number of hydrogen-bond acceptors (Lipinski definition) is 5. The van der Waals surface area contributed by atoms with Gasteiger partial charge in [-0.05, 0) is 26.3 Å². The molecule has 1 saturated heterocycles. The normalized spacial score (nSPS) is 26.4. The molecule has 0 bridgehead atoms. The van der Waals surface area contributed by atoms with Gasteiger partial charge in [-0.3, -0.25) is 4.90 Å². The molecule has 3 rings (SSSR count). The third-order valence-corrected chi connectivity index (χ3v) is 3.46. The van der Waals surface area contributed by atoms with Crippen LogP contribution in [0.5, 0.6) is 0 Å². The van der Waals surface area contributed by atoms with Crippen LogP contribution in [-0.4, -0.2) is 41.2 Å². The van der Waals surface area contributed by atoms with Gasteiger partial charge in [-0.15, -0.1) is 0 Å². The minimum Gasteiger partial charge on any atom is -0.339 e. The molecule has 2 fully saturated rings. The van der Waals surface area contributed by atoms with E-state index in [4.69, 9.17) is 4.52 Å². The van der Waals surface area contributed by atoms with Crippen molar-refractivity contribution >= 4 is 0 Å². The predicted molar refractivity (Wildman–Crippen MR) is 59.0 cm³/mol. The van der Waals surface area contributed by atoms with E-state index in [1.54, 1.807) is 0 Å². The van der Waals surface area contributed by atoms with E-state index in [-0.39, 0.29) is 0 Å². The number of likely N-dealkylation sites (N-methyl/N-ethyl adjacent to an activating group) is 1. The maximum Gasteiger partial charge on any atom is 0.229 e. The Bertz CT molecular complexity index is 361. The molecule has 1 atom stereocenters. The SMILES string of the molecule is CNC1CCN(Cc2noc(C3CC3)n2)C1. The summed E-state index contributed by atoms with van der Waals surface area (Å²) in [5.74, 6) is 2.25. The van der Waals surface area contributed by atoms with Crippen molar-refractivity contribution in [3.8, 4) is 0 Å². The Labute approximate surface area is 95.2 Å². The summed E-state index contributed by atoms with van der Waals surface area (Å²) in [4.78, 5) is 6.82. The van der Waals surface area contributed by atoms with Crippen molar-refractivity contribution in [3.63, 3.8) is 0 Å². The Morgan fingerprint density at radius 2 is 2.31 bits per heavy atom. The van der Waals surface area contributed by atoms with Gasteiger partial charge in [-0.25, -0.2) is 0 Å². The molecule has 2 aliphatic rings. The Morgan fingerprint density at radius 1 is 1.44 bits per heavy atom. The monoisotopic (exact) mass is 222 g/mol. The van der Waals surface area contributed by atoms with Crippen molar-refractivity contribution in [2.75, 3.05) is 20.1 Å². The molecule has 1 aliphatic heterocycles. The first kappa shape index (κ1) is 10.2. The Kier molecular flexibility index (Phi) is 2.65. The van der Waals surface area contributed by atoms with Crippen LogP contribution < -0.4 is 5.32 Å². The van der Waals surface area contributed by atoms with Gasteiger partial charge in [0.25, 0.3) is 0 Å². The molecular weight excluding hydrogens is 204 g/mol. The van der Waals surface area contributed by atoms with Gasteiger partial charge < -0.3 is 9.84 Å². The molecule has 0 radical (unpaired) electrons. The molecule has 1 aromatic rings. The zero-order chi connectivity index (χ0) is 11.0. The van der Waals surface area contributed by atoms with Crippen LogP contribution in [-0.2, 0) is 6.54 Å². The first-order valence-electron chi connectivity index (χ1n) is 6.07. The summed E-state index contributed by atoms with van der Waals surface area (Å²) in [6.45, 7) is 3.04. The first-order chi connectivity index (χ1) is 7.85. The molecule has 2 heterocycles. The molecule has 5 nitrogen and oxygen atoms in total. The fourth-order valence-corrected chi connectivity index (χ4v) is 2.24. The highest BCUT2D eigenvalue weighted by Crippen LogP contribution is 2.38. The van der Waals surface area contributed by atoms with Gasteiger partial charge in [0.1, 0.15) is 0 Å². The fourth-order valence-electron chi connectivity index (χ4n) is 2.24. The molecule has 1 aliphatic carbocycles. The number of hydrogen-bond donors (Lipinski definition) is 1. The molecular formula is C11H18N4O. The van der Waals surface area contributed by atoms with E-state index in [2.05, 4.69) is 20.4 Å². The van der Waals surface area contributed by atoms with E-state index < -0.39 is 0 Å². The second-order valence-corrected chi connectivity index (χ2v) is 4.83. The largest absolute Gasteiger partial charge is 0.339 e. The molecule has 16 heavy (non-hydrogen) atoms. The van der Waals surface area contributed by atoms with Crippen molar-refractivity contribution in [1.82, 2.24) is 20.4 Å². The third-order valence-electron chi connectivity index (χ3n) is 3.46. The smallest absolute Gasteiger partial charge is 0.229 e. The maximum absolute atomic E-state index is 5.25. The van der Waals surface area contributed by atoms with E-state index in [1.807, 2.05) is 7.05 Å². The summed E-state index contributed by atoms with van der Waals surface area (Å²) >= 11 is 0. The van der Waals surface area contributed by atoms with Crippen molar-refractivity contribution in [3.05, 3.63) is 11.7 Å². The molecule has 1 N–H and O–H groups in total. The van der Waals surface area contributed by atoms with E-state index >= 15 is 0 Å². The van der Waals surface area contributed by atoms with E-state index in [0.717, 1.165) is 31.3 Å². The lowest BCUT2D eigenvalue weighted by Crippen LogP contribution is -2.29. The quantitative estimate of drug-likeness (QED) is 0.814. The molecule has 1 saturated carbocycles. The molecule has 5 heteroatoms. The summed E-state index contributed by atoms with van der Waals surface area (Å²) < 4.78 is 5.25. The van der Waals surface area contributed by atoms with Crippen LogP contribution in [0.2, 0.25) is 0 Å². The Hall–Kier alpha value is -0.940. The van der Waals surface area contributed by atoms with Crippen molar-refractivity contribution < 1.29 is 4.52 Å². The van der Waals surface area contributed by atoms with Crippen LogP contribution >= 0.6 is 0 Å². The van der Waals surface area contributed by atoms with Crippen molar-refractivity contribution in [1.29, 1.82) is 0 Å². The lowest BCUT2D eigenvalue weighted by Gasteiger charge is -2.12. The second kappa shape index (κ2) is 4.14. The predicted octanol–water partition coefficient (Wildman–Crippen LogP) is 0.741. The summed E-state index contributed by atoms with van der Waals surface area (Å²) in [5, 5.41) is 7.35. The summed E-state index contributed by atoms with van der Waals surface area (Å²) in [5.41, 5.74) is 0. The van der Waals surface area contributed by atoms with Crippen molar-refractivity contribution in [2.24, 2.45) is 0 Å². The molecule has 88 valence electrons. The van der Waals surface area contributed by atoms with Gasteiger partial charge in [0.2, 0.25) is 5.89 Å². The van der Waals surface area contributed by atoms with Gasteiger partial charge >= 0.3 is 0 Å². The van der Waals surface area contributed by atoms with E-state index in [9.17, 15) is 0 Å². The highest BCUT2D eigenvalue weighted by molar-refractivity contribution is 5.01. The highest BCUT2D eigenvalue weighted by Gasteiger charge is 2.30. The van der Waals surface area contributed by atoms with Gasteiger partial charge in [0.15, 0.2) is 5.82 Å². The summed E-state index contributed by atoms with van der Waals surface area (Å²) in [6.07, 6.45) is 3.64. The Balaban J connectivity index is 1.57. The standard InChI is InChI=1S/C11H18N4O/c1-12-9-4-5-15(6-9)7-10-13-11(16-14-10)8-2-3-8/h8-9,12H,2-7H2,1H3.